The molecule has 470 valence electrons. The average molecular weight is 1230 g/mol. The summed E-state index contributed by atoms with van der Waals surface area (Å²) in [6, 6.07) is 77.7. The summed E-state index contributed by atoms with van der Waals surface area (Å²) < 4.78 is 49.7. The first-order valence-corrected chi connectivity index (χ1v) is 33.0. The van der Waals surface area contributed by atoms with Crippen molar-refractivity contribution in [3.05, 3.63) is 230 Å². The molecule has 0 aliphatic heterocycles. The Labute approximate surface area is 543 Å². The second kappa shape index (κ2) is 36.1. The summed E-state index contributed by atoms with van der Waals surface area (Å²) >= 11 is 0. The maximum absolute atomic E-state index is 9.07. The van der Waals surface area contributed by atoms with Crippen molar-refractivity contribution in [3.63, 3.8) is 0 Å². The van der Waals surface area contributed by atoms with Gasteiger partial charge in [-0.2, -0.15) is 10.5 Å². The average Bonchev–Trinajstić information content (AvgIpc) is 1.29. The molecule has 0 saturated heterocycles. The van der Waals surface area contributed by atoms with Crippen molar-refractivity contribution in [1.82, 2.24) is 0 Å². The fourth-order valence-electron chi connectivity index (χ4n) is 11.0. The summed E-state index contributed by atoms with van der Waals surface area (Å²) in [6.45, 7) is 5.25. The molecule has 0 spiro atoms. The monoisotopic (exact) mass is 1220 g/mol. The lowest BCUT2D eigenvalue weighted by atomic mass is 10.0. The van der Waals surface area contributed by atoms with E-state index in [0.717, 1.165) is 204 Å². The van der Waals surface area contributed by atoms with Crippen LogP contribution in [0.2, 0.25) is 0 Å². The van der Waals surface area contributed by atoms with Gasteiger partial charge in [-0.3, -0.25) is 0 Å². The number of nitrogens with zero attached hydrogens (tertiary/aromatic N) is 2. The van der Waals surface area contributed by atoms with E-state index in [9.17, 15) is 0 Å². The van der Waals surface area contributed by atoms with Crippen LogP contribution in [0, 0.1) is 22.7 Å². The zero-order valence-corrected chi connectivity index (χ0v) is 52.9. The Morgan fingerprint density at radius 3 is 0.587 bits per heavy atom. The van der Waals surface area contributed by atoms with E-state index in [1.165, 1.54) is 0 Å². The predicted molar refractivity (Wildman–Crippen MR) is 371 cm³/mol. The van der Waals surface area contributed by atoms with E-state index in [0.29, 0.717) is 64.0 Å². The molecule has 0 bridgehead atoms. The van der Waals surface area contributed by atoms with Crippen molar-refractivity contribution in [1.29, 1.82) is 10.5 Å². The molecule has 0 heterocycles. The number of benzene rings is 10. The predicted octanol–water partition coefficient (Wildman–Crippen LogP) is 20.8. The van der Waals surface area contributed by atoms with Gasteiger partial charge in [-0.15, -0.1) is 0 Å². The summed E-state index contributed by atoms with van der Waals surface area (Å²) in [5.74, 6) is 6.71. The lowest BCUT2D eigenvalue weighted by Crippen LogP contribution is -2.04. The molecule has 0 fully saturated rings. The summed E-state index contributed by atoms with van der Waals surface area (Å²) in [7, 11) is 0. The molecule has 92 heavy (non-hydrogen) atoms. The third-order valence-corrected chi connectivity index (χ3v) is 16.3. The van der Waals surface area contributed by atoms with E-state index >= 15 is 0 Å². The SMILES string of the molecule is N#Cc1ccc(-c2ccc(OCCCCCCOc3cc4ccccc4cc3OCCCCCCOc3ccc(-c4ccc(OCCCCCCOc5cc6ccccc6cc5OCCCCCCOc5ccc(-c6ccc(C#N)cc6)cc5)cc4)cc3)cc2)cc1. The largest absolute Gasteiger partial charge is 0.494 e. The van der Waals surface area contributed by atoms with Crippen molar-refractivity contribution in [2.75, 3.05) is 52.9 Å². The highest BCUT2D eigenvalue weighted by Crippen LogP contribution is 2.36. The first kappa shape index (κ1) is 65.1. The van der Waals surface area contributed by atoms with E-state index in [1.54, 1.807) is 0 Å². The van der Waals surface area contributed by atoms with Crippen LogP contribution >= 0.6 is 0 Å². The number of fused-ring (bicyclic) bond motifs is 2. The van der Waals surface area contributed by atoms with Gasteiger partial charge < -0.3 is 37.9 Å². The normalized spacial score (nSPS) is 11.0. The van der Waals surface area contributed by atoms with Crippen molar-refractivity contribution >= 4 is 21.5 Å². The minimum absolute atomic E-state index is 0.635. The number of ether oxygens (including phenoxy) is 8. The zero-order chi connectivity index (χ0) is 63.0. The maximum atomic E-state index is 9.07. The third-order valence-electron chi connectivity index (χ3n) is 16.3. The van der Waals surface area contributed by atoms with Crippen LogP contribution in [0.3, 0.4) is 0 Å². The van der Waals surface area contributed by atoms with Crippen LogP contribution in [-0.2, 0) is 0 Å². The van der Waals surface area contributed by atoms with Gasteiger partial charge in [0.2, 0.25) is 0 Å². The van der Waals surface area contributed by atoms with E-state index in [1.807, 2.05) is 72.8 Å². The molecule has 10 aromatic rings. The quantitative estimate of drug-likeness (QED) is 0.0344. The third kappa shape index (κ3) is 20.6. The summed E-state index contributed by atoms with van der Waals surface area (Å²) in [6.07, 6.45) is 16.3. The lowest BCUT2D eigenvalue weighted by Gasteiger charge is -2.14. The Kier molecular flexibility index (Phi) is 25.5. The zero-order valence-electron chi connectivity index (χ0n) is 52.9. The van der Waals surface area contributed by atoms with Gasteiger partial charge in [-0.25, -0.2) is 0 Å². The number of unbranched alkanes of at least 4 members (excludes halogenated alkanes) is 12. The molecular weight excluding hydrogens is 1140 g/mol. The van der Waals surface area contributed by atoms with Crippen LogP contribution in [-0.4, -0.2) is 52.9 Å². The molecule has 0 unspecified atom stereocenters. The lowest BCUT2D eigenvalue weighted by molar-refractivity contribution is 0.255. The van der Waals surface area contributed by atoms with Crippen molar-refractivity contribution < 1.29 is 37.9 Å². The van der Waals surface area contributed by atoms with Gasteiger partial charge in [0.05, 0.1) is 76.1 Å². The molecule has 0 aliphatic rings. The van der Waals surface area contributed by atoms with Crippen molar-refractivity contribution in [2.24, 2.45) is 0 Å². The van der Waals surface area contributed by atoms with E-state index < -0.39 is 0 Å². The first-order valence-electron chi connectivity index (χ1n) is 33.0. The van der Waals surface area contributed by atoms with Gasteiger partial charge in [0.15, 0.2) is 23.0 Å². The van der Waals surface area contributed by atoms with E-state index in [2.05, 4.69) is 158 Å². The fraction of sp³-hybridized carbons (Fsp3) is 0.293. The Balaban J connectivity index is 0.542. The summed E-state index contributed by atoms with van der Waals surface area (Å²) in [5, 5.41) is 22.7. The molecule has 0 amide bonds. The highest BCUT2D eigenvalue weighted by molar-refractivity contribution is 5.87. The number of hydrogen-bond donors (Lipinski definition) is 0. The van der Waals surface area contributed by atoms with Crippen LogP contribution in [0.5, 0.6) is 46.0 Å². The first-order chi connectivity index (χ1) is 45.5. The highest BCUT2D eigenvalue weighted by atomic mass is 16.5. The summed E-state index contributed by atoms with van der Waals surface area (Å²) in [5.41, 5.74) is 7.97. The molecule has 0 radical (unpaired) electrons. The van der Waals surface area contributed by atoms with Crippen LogP contribution in [0.4, 0.5) is 0 Å². The Hall–Kier alpha value is -9.90. The van der Waals surface area contributed by atoms with Crippen LogP contribution in [0.1, 0.15) is 114 Å². The Bertz CT molecular complexity index is 3640. The molecule has 10 aromatic carbocycles. The van der Waals surface area contributed by atoms with E-state index in [4.69, 9.17) is 48.4 Å². The van der Waals surface area contributed by atoms with Crippen molar-refractivity contribution in [2.45, 2.75) is 103 Å². The van der Waals surface area contributed by atoms with Gasteiger partial charge in [0.1, 0.15) is 23.0 Å². The van der Waals surface area contributed by atoms with Crippen LogP contribution in [0.15, 0.2) is 218 Å². The van der Waals surface area contributed by atoms with Gasteiger partial charge in [0.25, 0.3) is 0 Å². The molecule has 0 atom stereocenters. The second-order valence-corrected chi connectivity index (χ2v) is 23.2. The van der Waals surface area contributed by atoms with Gasteiger partial charge in [-0.05, 0) is 255 Å². The van der Waals surface area contributed by atoms with Gasteiger partial charge >= 0.3 is 0 Å². The summed E-state index contributed by atoms with van der Waals surface area (Å²) in [4.78, 5) is 0. The number of rotatable bonds is 39. The molecule has 10 heteroatoms. The Morgan fingerprint density at radius 1 is 0.207 bits per heavy atom. The fourth-order valence-corrected chi connectivity index (χ4v) is 11.0. The highest BCUT2D eigenvalue weighted by Gasteiger charge is 2.12. The smallest absolute Gasteiger partial charge is 0.161 e. The molecule has 0 saturated carbocycles. The number of hydrogen-bond acceptors (Lipinski definition) is 10. The van der Waals surface area contributed by atoms with Crippen LogP contribution < -0.4 is 37.9 Å². The Morgan fingerprint density at radius 2 is 0.391 bits per heavy atom. The van der Waals surface area contributed by atoms with Crippen molar-refractivity contribution in [3.8, 4) is 91.5 Å². The molecule has 0 aromatic heterocycles. The molecule has 0 N–H and O–H groups in total. The standard InChI is InChI=1S/C82H84N2O8/c83-61-63-25-29-65(30-26-63)67-33-41-75(42-34-67)85-49-13-1-5-17-53-89-79-57-71-21-9-11-23-73(71)59-81(79)91-55-19-7-3-15-51-87-77-45-37-69(38-46-77)70-39-47-78(48-40-70)88-52-16-4-8-20-56-92-82-60-74-24-12-10-22-72(74)58-80(82)90-54-18-6-2-14-50-86-76-43-35-68(36-44-76)66-31-27-64(62-84)28-32-66/h9-12,21-48,57-60H,1-8,13-20,49-56H2. The minimum Gasteiger partial charge on any atom is -0.494 e. The molecular formula is C82H84N2O8. The van der Waals surface area contributed by atoms with Crippen LogP contribution in [0.25, 0.3) is 54.9 Å². The second-order valence-electron chi connectivity index (χ2n) is 23.2. The minimum atomic E-state index is 0.635. The van der Waals surface area contributed by atoms with Gasteiger partial charge in [-0.1, -0.05) is 121 Å². The molecule has 0 aliphatic carbocycles. The van der Waals surface area contributed by atoms with E-state index in [-0.39, 0.29) is 0 Å². The number of nitriles is 2. The molecule has 10 rings (SSSR count). The molecule has 10 nitrogen and oxygen atoms in total. The topological polar surface area (TPSA) is 121 Å². The van der Waals surface area contributed by atoms with Gasteiger partial charge in [0, 0.05) is 0 Å². The maximum Gasteiger partial charge on any atom is 0.161 e.